The van der Waals surface area contributed by atoms with Crippen molar-refractivity contribution in [3.05, 3.63) is 36.4 Å². The van der Waals surface area contributed by atoms with Gasteiger partial charge in [-0.15, -0.1) is 0 Å². The average Bonchev–Trinajstić information content (AvgIpc) is 3.00. The molecule has 3 nitrogen and oxygen atoms in total. The molecule has 2 aliphatic rings. The maximum absolute atomic E-state index is 12.8. The molecule has 3 rings (SSSR count). The first kappa shape index (κ1) is 14.2. The third kappa shape index (κ3) is 1.98. The molecule has 0 aliphatic heterocycles. The molecule has 1 N–H and O–H groups in total. The Morgan fingerprint density at radius 2 is 2.00 bits per heavy atom. The van der Waals surface area contributed by atoms with Gasteiger partial charge < -0.3 is 10.1 Å². The van der Waals surface area contributed by atoms with Gasteiger partial charge in [-0.05, 0) is 54.9 Å². The van der Waals surface area contributed by atoms with Crippen LogP contribution in [-0.2, 0) is 4.79 Å². The van der Waals surface area contributed by atoms with Crippen molar-refractivity contribution in [2.24, 2.45) is 16.7 Å². The van der Waals surface area contributed by atoms with E-state index in [1.54, 1.807) is 7.11 Å². The second-order valence-electron chi connectivity index (χ2n) is 6.90. The van der Waals surface area contributed by atoms with Crippen molar-refractivity contribution in [1.82, 2.24) is 0 Å². The number of anilines is 1. The molecule has 2 aliphatic carbocycles. The summed E-state index contributed by atoms with van der Waals surface area (Å²) in [6, 6.07) is 7.47. The van der Waals surface area contributed by atoms with Gasteiger partial charge in [0.2, 0.25) is 5.91 Å². The van der Waals surface area contributed by atoms with Crippen LogP contribution in [0, 0.1) is 16.7 Å². The molecular weight excluding hydrogens is 262 g/mol. The molecule has 1 aromatic rings. The number of fused-ring (bicyclic) bond motifs is 2. The van der Waals surface area contributed by atoms with Crippen LogP contribution in [0.5, 0.6) is 5.75 Å². The number of carbonyl (C=O) groups excluding carboxylic acids is 1. The maximum atomic E-state index is 12.8. The fraction of sp³-hybridized carbons (Fsp3) is 0.500. The minimum absolute atomic E-state index is 0.0789. The predicted octanol–water partition coefficient (Wildman–Crippen LogP) is 4.02. The van der Waals surface area contributed by atoms with Gasteiger partial charge in [-0.3, -0.25) is 4.79 Å². The number of hydrogen-bond donors (Lipinski definition) is 1. The van der Waals surface area contributed by atoms with Crippen molar-refractivity contribution in [3.8, 4) is 5.75 Å². The maximum Gasteiger partial charge on any atom is 0.234 e. The summed E-state index contributed by atoms with van der Waals surface area (Å²) in [7, 11) is 1.63. The molecule has 2 atom stereocenters. The number of rotatable bonds is 3. The highest BCUT2D eigenvalue weighted by atomic mass is 16.5. The quantitative estimate of drug-likeness (QED) is 0.852. The van der Waals surface area contributed by atoms with Crippen LogP contribution >= 0.6 is 0 Å². The Labute approximate surface area is 126 Å². The molecule has 0 spiro atoms. The summed E-state index contributed by atoms with van der Waals surface area (Å²) in [5.74, 6) is 1.48. The first-order valence-electron chi connectivity index (χ1n) is 7.55. The summed E-state index contributed by atoms with van der Waals surface area (Å²) in [5.41, 5.74) is 1.64. The van der Waals surface area contributed by atoms with Gasteiger partial charge in [0.25, 0.3) is 0 Å². The van der Waals surface area contributed by atoms with Crippen LogP contribution in [0.3, 0.4) is 0 Å². The Morgan fingerprint density at radius 3 is 2.52 bits per heavy atom. The minimum atomic E-state index is -0.367. The van der Waals surface area contributed by atoms with Gasteiger partial charge in [0.1, 0.15) is 5.75 Å². The number of nitrogens with one attached hydrogen (secondary N) is 1. The van der Waals surface area contributed by atoms with E-state index >= 15 is 0 Å². The van der Waals surface area contributed by atoms with Crippen LogP contribution in [-0.4, -0.2) is 13.0 Å². The Kier molecular flexibility index (Phi) is 3.12. The number of methoxy groups -OCH3 is 1. The fourth-order valence-corrected chi connectivity index (χ4v) is 4.07. The Hall–Kier alpha value is -1.77. The number of amides is 1. The van der Waals surface area contributed by atoms with Crippen molar-refractivity contribution >= 4 is 11.6 Å². The molecular formula is C18H23NO2. The monoisotopic (exact) mass is 285 g/mol. The summed E-state index contributed by atoms with van der Waals surface area (Å²) in [5, 5.41) is 3.07. The zero-order valence-electron chi connectivity index (χ0n) is 13.0. The molecule has 0 aromatic heterocycles. The normalized spacial score (nSPS) is 29.5. The van der Waals surface area contributed by atoms with Crippen LogP contribution in [0.4, 0.5) is 5.69 Å². The summed E-state index contributed by atoms with van der Waals surface area (Å²) in [6.07, 6.45) is 3.00. The van der Waals surface area contributed by atoms with Crippen molar-refractivity contribution in [1.29, 1.82) is 0 Å². The number of hydrogen-bond acceptors (Lipinski definition) is 2. The molecule has 3 heteroatoms. The molecule has 2 unspecified atom stereocenters. The molecule has 2 bridgehead atoms. The van der Waals surface area contributed by atoms with E-state index in [-0.39, 0.29) is 16.7 Å². The van der Waals surface area contributed by atoms with E-state index in [0.29, 0.717) is 5.92 Å². The van der Waals surface area contributed by atoms with Gasteiger partial charge in [0, 0.05) is 5.69 Å². The SMILES string of the molecule is C=C1C2(C(=O)Nc3ccc(OC)cc3)CCC(C2)C1(C)C. The molecule has 2 saturated carbocycles. The lowest BCUT2D eigenvalue weighted by atomic mass is 9.68. The Morgan fingerprint density at radius 1 is 1.33 bits per heavy atom. The molecule has 0 heterocycles. The lowest BCUT2D eigenvalue weighted by Gasteiger charge is -2.37. The van der Waals surface area contributed by atoms with Crippen LogP contribution in [0.1, 0.15) is 33.1 Å². The van der Waals surface area contributed by atoms with Gasteiger partial charge in [-0.25, -0.2) is 0 Å². The topological polar surface area (TPSA) is 38.3 Å². The van der Waals surface area contributed by atoms with E-state index < -0.39 is 0 Å². The highest BCUT2D eigenvalue weighted by Gasteiger charge is 2.60. The molecule has 1 amide bonds. The average molecular weight is 285 g/mol. The van der Waals surface area contributed by atoms with E-state index in [9.17, 15) is 4.79 Å². The van der Waals surface area contributed by atoms with Gasteiger partial charge in [-0.2, -0.15) is 0 Å². The first-order chi connectivity index (χ1) is 9.90. The van der Waals surface area contributed by atoms with Crippen LogP contribution < -0.4 is 10.1 Å². The van der Waals surface area contributed by atoms with Crippen LogP contribution in [0.2, 0.25) is 0 Å². The smallest absolute Gasteiger partial charge is 0.234 e. The summed E-state index contributed by atoms with van der Waals surface area (Å²) in [6.45, 7) is 8.72. The van der Waals surface area contributed by atoms with Gasteiger partial charge >= 0.3 is 0 Å². The molecule has 0 saturated heterocycles. The third-order valence-corrected chi connectivity index (χ3v) is 5.67. The van der Waals surface area contributed by atoms with Crippen molar-refractivity contribution in [2.75, 3.05) is 12.4 Å². The van der Waals surface area contributed by atoms with Gasteiger partial charge in [-0.1, -0.05) is 26.0 Å². The summed E-state index contributed by atoms with van der Waals surface area (Å²) < 4.78 is 5.14. The lowest BCUT2D eigenvalue weighted by molar-refractivity contribution is -0.123. The molecule has 2 fully saturated rings. The lowest BCUT2D eigenvalue weighted by Crippen LogP contribution is -2.37. The van der Waals surface area contributed by atoms with Crippen LogP contribution in [0.25, 0.3) is 0 Å². The number of ether oxygens (including phenoxy) is 1. The van der Waals surface area contributed by atoms with Crippen molar-refractivity contribution < 1.29 is 9.53 Å². The predicted molar refractivity (Wildman–Crippen MR) is 84.3 cm³/mol. The van der Waals surface area contributed by atoms with Crippen molar-refractivity contribution in [3.63, 3.8) is 0 Å². The standard InChI is InChI=1S/C18H23NO2/c1-12-17(2,3)13-9-10-18(12,11-13)16(20)19-14-5-7-15(21-4)8-6-14/h5-8,13H,1,9-11H2,2-4H3,(H,19,20). The van der Waals surface area contributed by atoms with Crippen molar-refractivity contribution in [2.45, 2.75) is 33.1 Å². The number of carbonyl (C=O) groups is 1. The minimum Gasteiger partial charge on any atom is -0.497 e. The molecule has 1 aromatic carbocycles. The zero-order chi connectivity index (χ0) is 15.3. The molecule has 21 heavy (non-hydrogen) atoms. The van der Waals surface area contributed by atoms with Gasteiger partial charge in [0.15, 0.2) is 0 Å². The van der Waals surface area contributed by atoms with Gasteiger partial charge in [0.05, 0.1) is 12.5 Å². The number of benzene rings is 1. The summed E-state index contributed by atoms with van der Waals surface area (Å²) >= 11 is 0. The second-order valence-corrected chi connectivity index (χ2v) is 6.90. The van der Waals surface area contributed by atoms with Crippen LogP contribution in [0.15, 0.2) is 36.4 Å². The van der Waals surface area contributed by atoms with E-state index in [1.165, 1.54) is 0 Å². The fourth-order valence-electron chi connectivity index (χ4n) is 4.07. The van der Waals surface area contributed by atoms with E-state index in [0.717, 1.165) is 36.3 Å². The highest BCUT2D eigenvalue weighted by molar-refractivity contribution is 5.98. The summed E-state index contributed by atoms with van der Waals surface area (Å²) in [4.78, 5) is 12.8. The Bertz CT molecular complexity index is 588. The largest absolute Gasteiger partial charge is 0.497 e. The highest BCUT2D eigenvalue weighted by Crippen LogP contribution is 2.65. The second kappa shape index (κ2) is 4.62. The molecule has 112 valence electrons. The third-order valence-electron chi connectivity index (χ3n) is 5.67. The Balaban J connectivity index is 1.81. The van der Waals surface area contributed by atoms with E-state index in [4.69, 9.17) is 4.74 Å². The van der Waals surface area contributed by atoms with E-state index in [1.807, 2.05) is 24.3 Å². The first-order valence-corrected chi connectivity index (χ1v) is 7.55. The zero-order valence-corrected chi connectivity index (χ0v) is 13.0. The van der Waals surface area contributed by atoms with E-state index in [2.05, 4.69) is 25.7 Å². The molecule has 0 radical (unpaired) electrons.